The van der Waals surface area contributed by atoms with Gasteiger partial charge in [-0.25, -0.2) is 0 Å². The Morgan fingerprint density at radius 2 is 1.52 bits per heavy atom. The van der Waals surface area contributed by atoms with Gasteiger partial charge < -0.3 is 14.4 Å². The lowest BCUT2D eigenvalue weighted by Gasteiger charge is -2.26. The zero-order valence-electron chi connectivity index (χ0n) is 16.7. The number of benzene rings is 2. The van der Waals surface area contributed by atoms with Crippen LogP contribution in [0.15, 0.2) is 104 Å². The van der Waals surface area contributed by atoms with Crippen molar-refractivity contribution in [1.29, 1.82) is 0 Å². The van der Waals surface area contributed by atoms with Crippen molar-refractivity contribution in [3.05, 3.63) is 104 Å². The molecular formula is C24H29NO2. The molecule has 0 heterocycles. The third-order valence-corrected chi connectivity index (χ3v) is 3.83. The second-order valence-corrected chi connectivity index (χ2v) is 5.50. The van der Waals surface area contributed by atoms with Crippen LogP contribution in [0.2, 0.25) is 0 Å². The molecule has 0 saturated carbocycles. The summed E-state index contributed by atoms with van der Waals surface area (Å²) in [5.41, 5.74) is 3.06. The van der Waals surface area contributed by atoms with E-state index in [1.54, 1.807) is 20.3 Å². The SMILES string of the molecule is C/C=C(\C)OC.C=C/C=C(\C=C)N(c1ccccc1)c1ccc(OC)cc1. The van der Waals surface area contributed by atoms with Gasteiger partial charge in [-0.15, -0.1) is 0 Å². The molecule has 2 aromatic rings. The zero-order valence-corrected chi connectivity index (χ0v) is 16.7. The van der Waals surface area contributed by atoms with Crippen LogP contribution >= 0.6 is 0 Å². The van der Waals surface area contributed by atoms with Crippen molar-refractivity contribution in [1.82, 2.24) is 0 Å². The normalized spacial score (nSPS) is 11.0. The fourth-order valence-corrected chi connectivity index (χ4v) is 2.23. The van der Waals surface area contributed by atoms with Crippen molar-refractivity contribution in [2.45, 2.75) is 13.8 Å². The average molecular weight is 364 g/mol. The Kier molecular flexibility index (Phi) is 9.87. The second kappa shape index (κ2) is 12.2. The van der Waals surface area contributed by atoms with Crippen LogP contribution in [-0.4, -0.2) is 14.2 Å². The first-order chi connectivity index (χ1) is 13.1. The van der Waals surface area contributed by atoms with E-state index in [0.717, 1.165) is 28.6 Å². The van der Waals surface area contributed by atoms with Crippen molar-refractivity contribution >= 4 is 11.4 Å². The zero-order chi connectivity index (χ0) is 20.1. The monoisotopic (exact) mass is 363 g/mol. The summed E-state index contributed by atoms with van der Waals surface area (Å²) in [6, 6.07) is 18.1. The number of nitrogens with zero attached hydrogens (tertiary/aromatic N) is 1. The summed E-state index contributed by atoms with van der Waals surface area (Å²) in [4.78, 5) is 2.12. The van der Waals surface area contributed by atoms with Crippen LogP contribution in [0.3, 0.4) is 0 Å². The molecule has 27 heavy (non-hydrogen) atoms. The number of methoxy groups -OCH3 is 2. The lowest BCUT2D eigenvalue weighted by Crippen LogP contribution is -2.14. The average Bonchev–Trinajstić information content (AvgIpc) is 2.74. The first-order valence-corrected chi connectivity index (χ1v) is 8.72. The van der Waals surface area contributed by atoms with Crippen LogP contribution in [0.1, 0.15) is 13.8 Å². The van der Waals surface area contributed by atoms with Crippen LogP contribution in [-0.2, 0) is 4.74 Å². The van der Waals surface area contributed by atoms with Gasteiger partial charge in [0.15, 0.2) is 0 Å². The van der Waals surface area contributed by atoms with Gasteiger partial charge in [-0.05, 0) is 62.4 Å². The summed E-state index contributed by atoms with van der Waals surface area (Å²) >= 11 is 0. The van der Waals surface area contributed by atoms with Crippen molar-refractivity contribution in [3.63, 3.8) is 0 Å². The number of ether oxygens (including phenoxy) is 2. The van der Waals surface area contributed by atoms with E-state index in [1.807, 2.05) is 74.5 Å². The van der Waals surface area contributed by atoms with Gasteiger partial charge in [0.25, 0.3) is 0 Å². The number of hydrogen-bond acceptors (Lipinski definition) is 3. The van der Waals surface area contributed by atoms with Crippen molar-refractivity contribution in [2.24, 2.45) is 0 Å². The molecule has 2 rings (SSSR count). The molecule has 3 nitrogen and oxygen atoms in total. The Hall–Kier alpha value is -3.20. The van der Waals surface area contributed by atoms with Crippen molar-refractivity contribution in [2.75, 3.05) is 19.1 Å². The van der Waals surface area contributed by atoms with Gasteiger partial charge in [-0.3, -0.25) is 0 Å². The first kappa shape index (κ1) is 21.8. The summed E-state index contributed by atoms with van der Waals surface area (Å²) in [6.07, 6.45) is 7.43. The minimum atomic E-state index is 0.833. The van der Waals surface area contributed by atoms with Gasteiger partial charge >= 0.3 is 0 Å². The predicted octanol–water partition coefficient (Wildman–Crippen LogP) is 6.65. The predicted molar refractivity (Wildman–Crippen MR) is 116 cm³/mol. The number of rotatable bonds is 7. The molecule has 0 atom stereocenters. The Balaban J connectivity index is 0.000000527. The molecule has 0 N–H and O–H groups in total. The lowest BCUT2D eigenvalue weighted by atomic mass is 10.2. The summed E-state index contributed by atoms with van der Waals surface area (Å²) in [5.74, 6) is 1.80. The van der Waals surface area contributed by atoms with Gasteiger partial charge in [0.2, 0.25) is 0 Å². The minimum absolute atomic E-state index is 0.833. The van der Waals surface area contributed by atoms with E-state index in [0.29, 0.717) is 0 Å². The molecule has 0 aliphatic rings. The van der Waals surface area contributed by atoms with Crippen LogP contribution in [0.25, 0.3) is 0 Å². The number of para-hydroxylation sites is 1. The molecule has 0 unspecified atom stereocenters. The standard InChI is InChI=1S/C19H19NO.C5H10O/c1-4-9-16(5-2)20(17-10-7-6-8-11-17)18-12-14-19(21-3)15-13-18;1-4-5(2)6-3/h4-15H,1-2H2,3H3;4H,1-3H3/b16-9+;5-4+. The first-order valence-electron chi connectivity index (χ1n) is 8.72. The van der Waals surface area contributed by atoms with Crippen LogP contribution in [0, 0.1) is 0 Å². The highest BCUT2D eigenvalue weighted by molar-refractivity contribution is 5.70. The Labute approximate surface area is 163 Å². The maximum atomic E-state index is 5.22. The third kappa shape index (κ3) is 6.90. The lowest BCUT2D eigenvalue weighted by molar-refractivity contribution is 0.293. The maximum Gasteiger partial charge on any atom is 0.119 e. The van der Waals surface area contributed by atoms with Gasteiger partial charge in [-0.2, -0.15) is 0 Å². The highest BCUT2D eigenvalue weighted by Crippen LogP contribution is 2.31. The van der Waals surface area contributed by atoms with E-state index in [4.69, 9.17) is 9.47 Å². The highest BCUT2D eigenvalue weighted by atomic mass is 16.5. The van der Waals surface area contributed by atoms with E-state index in [2.05, 4.69) is 30.2 Å². The van der Waals surface area contributed by atoms with Crippen LogP contribution in [0.5, 0.6) is 5.75 Å². The molecule has 0 aliphatic carbocycles. The summed E-state index contributed by atoms with van der Waals surface area (Å²) in [6.45, 7) is 11.5. The molecule has 0 aliphatic heterocycles. The fraction of sp³-hybridized carbons (Fsp3) is 0.167. The summed E-state index contributed by atoms with van der Waals surface area (Å²) < 4.78 is 9.98. The van der Waals surface area contributed by atoms with Gasteiger partial charge in [0.05, 0.1) is 20.0 Å². The van der Waals surface area contributed by atoms with E-state index < -0.39 is 0 Å². The largest absolute Gasteiger partial charge is 0.502 e. The molecule has 3 heteroatoms. The topological polar surface area (TPSA) is 21.7 Å². The summed E-state index contributed by atoms with van der Waals surface area (Å²) in [5, 5.41) is 0. The highest BCUT2D eigenvalue weighted by Gasteiger charge is 2.11. The Morgan fingerprint density at radius 3 is 1.93 bits per heavy atom. The molecule has 2 aromatic carbocycles. The third-order valence-electron chi connectivity index (χ3n) is 3.83. The molecule has 0 fully saturated rings. The van der Waals surface area contributed by atoms with Crippen LogP contribution < -0.4 is 9.64 Å². The molecule has 0 radical (unpaired) electrons. The van der Waals surface area contributed by atoms with Gasteiger partial charge in [0, 0.05) is 17.1 Å². The Morgan fingerprint density at radius 1 is 0.926 bits per heavy atom. The molecule has 142 valence electrons. The molecule has 0 amide bonds. The quantitative estimate of drug-likeness (QED) is 0.406. The number of anilines is 2. The number of hydrogen-bond donors (Lipinski definition) is 0. The molecule has 0 saturated heterocycles. The van der Waals surface area contributed by atoms with Gasteiger partial charge in [-0.1, -0.05) is 43.5 Å². The minimum Gasteiger partial charge on any atom is -0.502 e. The Bertz CT molecular complexity index is 759. The van der Waals surface area contributed by atoms with Crippen molar-refractivity contribution in [3.8, 4) is 5.75 Å². The van der Waals surface area contributed by atoms with Gasteiger partial charge in [0.1, 0.15) is 5.75 Å². The fourth-order valence-electron chi connectivity index (χ4n) is 2.23. The molecule has 0 aromatic heterocycles. The van der Waals surface area contributed by atoms with Crippen LogP contribution in [0.4, 0.5) is 11.4 Å². The van der Waals surface area contributed by atoms with Crippen molar-refractivity contribution < 1.29 is 9.47 Å². The number of allylic oxidation sites excluding steroid dienone is 5. The van der Waals surface area contributed by atoms with E-state index in [-0.39, 0.29) is 0 Å². The van der Waals surface area contributed by atoms with E-state index >= 15 is 0 Å². The van der Waals surface area contributed by atoms with E-state index in [1.165, 1.54) is 0 Å². The smallest absolute Gasteiger partial charge is 0.119 e. The molecular weight excluding hydrogens is 334 g/mol. The molecule has 0 spiro atoms. The maximum absolute atomic E-state index is 5.22. The molecule has 0 bridgehead atoms. The second-order valence-electron chi connectivity index (χ2n) is 5.50. The summed E-state index contributed by atoms with van der Waals surface area (Å²) in [7, 11) is 3.33. The van der Waals surface area contributed by atoms with E-state index in [9.17, 15) is 0 Å².